The summed E-state index contributed by atoms with van der Waals surface area (Å²) in [6, 6.07) is 45.0. The number of aromatic nitrogens is 6. The summed E-state index contributed by atoms with van der Waals surface area (Å²) in [4.78, 5) is 43.1. The number of amides is 2. The molecule has 6 aromatic carbocycles. The number of para-hydroxylation sites is 7. The van der Waals surface area contributed by atoms with Crippen LogP contribution in [0.15, 0.2) is 164 Å². The maximum absolute atomic E-state index is 12.3. The Labute approximate surface area is 430 Å². The van der Waals surface area contributed by atoms with E-state index in [4.69, 9.17) is 27.4 Å². The summed E-state index contributed by atoms with van der Waals surface area (Å²) in [6.45, 7) is 4.47. The fourth-order valence-corrected chi connectivity index (χ4v) is 8.48. The zero-order chi connectivity index (χ0) is 51.4. The van der Waals surface area contributed by atoms with Crippen LogP contribution >= 0.6 is 12.2 Å². The SMILES string of the molecule is C1=Nc2ccccc2C1.CN.COc1ccc(NC(=S)NCCCn2cnc3ccccc32)cc1OC.NCCCn1cnc2ccccc21.O=C1c2ccccc2C(=O)N1CCCn1cnc2ccccc21. The first-order valence-corrected chi connectivity index (χ1v) is 24.6. The van der Waals surface area contributed by atoms with E-state index in [2.05, 4.69) is 63.6 Å². The molecule has 0 aliphatic carbocycles. The molecule has 376 valence electrons. The van der Waals surface area contributed by atoms with E-state index in [-0.39, 0.29) is 11.8 Å². The standard InChI is InChI=1S/C19H22N4O2S.C18H15N3O2.C10H13N3.C8H7N.CH5N/c1-24-17-9-8-14(12-18(17)25-2)22-19(26)20-10-5-11-23-13-21-15-6-3-4-7-16(15)23;22-17-13-6-1-2-7-14(13)18(23)21(17)11-5-10-20-12-19-15-8-3-4-9-16(15)20;11-6-3-7-13-8-12-9-4-1-2-5-10(9)13;1-2-4-8-7(3-1)5-6-9-8;1-2/h3-4,6-9,12-13H,5,10-11H2,1-2H3,(H2,20,22,26);1-4,6-9,12H,5,10-11H2;1-2,4-5,8H,3,6-7,11H2;1-4,6H,5H2;2H2,1H3. The fraction of sp³-hybridized carbons (Fsp3) is 0.232. The summed E-state index contributed by atoms with van der Waals surface area (Å²) in [5, 5.41) is 6.96. The first-order chi connectivity index (χ1) is 35.8. The number of nitrogens with two attached hydrogens (primary N) is 2. The summed E-state index contributed by atoms with van der Waals surface area (Å²) in [5.74, 6) is 0.957. The molecule has 3 aromatic heterocycles. The van der Waals surface area contributed by atoms with Gasteiger partial charge in [0.25, 0.3) is 11.8 Å². The smallest absolute Gasteiger partial charge is 0.261 e. The Bertz CT molecular complexity index is 3240. The van der Waals surface area contributed by atoms with Gasteiger partial charge in [-0.1, -0.05) is 66.7 Å². The van der Waals surface area contributed by atoms with Crippen molar-refractivity contribution in [2.75, 3.05) is 46.2 Å². The lowest BCUT2D eigenvalue weighted by molar-refractivity contribution is 0.0651. The van der Waals surface area contributed by atoms with Crippen LogP contribution in [0.5, 0.6) is 11.5 Å². The second kappa shape index (κ2) is 26.8. The Kier molecular flexibility index (Phi) is 19.3. The van der Waals surface area contributed by atoms with Crippen molar-refractivity contribution in [1.82, 2.24) is 38.9 Å². The van der Waals surface area contributed by atoms with E-state index in [0.717, 1.165) is 84.4 Å². The maximum Gasteiger partial charge on any atom is 0.261 e. The minimum atomic E-state index is -0.193. The number of imide groups is 1. The number of fused-ring (bicyclic) bond motifs is 5. The third-order valence-corrected chi connectivity index (χ3v) is 12.1. The highest BCUT2D eigenvalue weighted by atomic mass is 32.1. The van der Waals surface area contributed by atoms with Crippen molar-refractivity contribution in [3.05, 3.63) is 175 Å². The summed E-state index contributed by atoms with van der Waals surface area (Å²) in [5.41, 5.74) is 20.7. The van der Waals surface area contributed by atoms with Crippen molar-refractivity contribution < 1.29 is 19.1 Å². The molecule has 16 nitrogen and oxygen atoms in total. The molecular formula is C56H62N12O4S. The van der Waals surface area contributed by atoms with Crippen LogP contribution in [0, 0.1) is 0 Å². The van der Waals surface area contributed by atoms with Crippen LogP contribution in [0.2, 0.25) is 0 Å². The van der Waals surface area contributed by atoms with Gasteiger partial charge in [-0.2, -0.15) is 0 Å². The second-order valence-electron chi connectivity index (χ2n) is 16.5. The van der Waals surface area contributed by atoms with Crippen molar-refractivity contribution in [2.45, 2.75) is 45.3 Å². The highest BCUT2D eigenvalue weighted by Gasteiger charge is 2.34. The number of thiocarbonyl (C=S) groups is 1. The van der Waals surface area contributed by atoms with Gasteiger partial charge in [0.05, 0.1) is 83.1 Å². The highest BCUT2D eigenvalue weighted by molar-refractivity contribution is 7.80. The highest BCUT2D eigenvalue weighted by Crippen LogP contribution is 2.30. The van der Waals surface area contributed by atoms with E-state index in [1.165, 1.54) is 23.0 Å². The quantitative estimate of drug-likeness (QED) is 0.0459. The molecule has 0 spiro atoms. The lowest BCUT2D eigenvalue weighted by Crippen LogP contribution is -2.31. The molecule has 0 atom stereocenters. The van der Waals surface area contributed by atoms with E-state index >= 15 is 0 Å². The average Bonchev–Trinajstić information content (AvgIpc) is 4.30. The Hall–Kier alpha value is -8.25. The zero-order valence-corrected chi connectivity index (χ0v) is 42.2. The van der Waals surface area contributed by atoms with Gasteiger partial charge in [-0.15, -0.1) is 0 Å². The van der Waals surface area contributed by atoms with Crippen molar-refractivity contribution >= 4 is 79.8 Å². The average molecular weight is 999 g/mol. The van der Waals surface area contributed by atoms with Gasteiger partial charge < -0.3 is 45.3 Å². The predicted octanol–water partition coefficient (Wildman–Crippen LogP) is 9.06. The molecule has 2 aliphatic rings. The van der Waals surface area contributed by atoms with Crippen LogP contribution in [0.1, 0.15) is 45.5 Å². The fourth-order valence-electron chi connectivity index (χ4n) is 8.26. The number of rotatable bonds is 14. The van der Waals surface area contributed by atoms with Crippen molar-refractivity contribution in [2.24, 2.45) is 16.5 Å². The first-order valence-electron chi connectivity index (χ1n) is 24.1. The number of nitrogens with one attached hydrogen (secondary N) is 2. The number of nitrogens with zero attached hydrogens (tertiary/aromatic N) is 8. The minimum Gasteiger partial charge on any atom is -0.493 e. The van der Waals surface area contributed by atoms with E-state index in [1.807, 2.05) is 120 Å². The molecule has 6 N–H and O–H groups in total. The zero-order valence-electron chi connectivity index (χ0n) is 41.4. The van der Waals surface area contributed by atoms with Gasteiger partial charge in [-0.25, -0.2) is 15.0 Å². The molecule has 0 radical (unpaired) electrons. The Morgan fingerprint density at radius 1 is 0.603 bits per heavy atom. The number of hydrogen-bond donors (Lipinski definition) is 4. The molecule has 9 aromatic rings. The number of aryl methyl sites for hydroxylation is 3. The number of carbonyl (C=O) groups excluding carboxylic acids is 2. The van der Waals surface area contributed by atoms with Crippen molar-refractivity contribution in [3.63, 3.8) is 0 Å². The van der Waals surface area contributed by atoms with E-state index in [0.29, 0.717) is 47.2 Å². The summed E-state index contributed by atoms with van der Waals surface area (Å²) >= 11 is 5.35. The van der Waals surface area contributed by atoms with Gasteiger partial charge in [-0.05, 0) is 117 Å². The van der Waals surface area contributed by atoms with E-state index < -0.39 is 0 Å². The molecule has 5 heterocycles. The summed E-state index contributed by atoms with van der Waals surface area (Å²) < 4.78 is 16.9. The molecule has 73 heavy (non-hydrogen) atoms. The van der Waals surface area contributed by atoms with Crippen LogP contribution in [0.3, 0.4) is 0 Å². The number of anilines is 1. The Balaban J connectivity index is 0.000000150. The molecular weight excluding hydrogens is 937 g/mol. The van der Waals surface area contributed by atoms with Crippen molar-refractivity contribution in [1.29, 1.82) is 0 Å². The van der Waals surface area contributed by atoms with Gasteiger partial charge >= 0.3 is 0 Å². The lowest BCUT2D eigenvalue weighted by Gasteiger charge is -2.14. The maximum atomic E-state index is 12.3. The van der Waals surface area contributed by atoms with Crippen molar-refractivity contribution in [3.8, 4) is 11.5 Å². The van der Waals surface area contributed by atoms with Crippen LogP contribution in [-0.2, 0) is 26.1 Å². The Morgan fingerprint density at radius 3 is 1.63 bits per heavy atom. The number of hydrogen-bond acceptors (Lipinski definition) is 11. The molecule has 0 bridgehead atoms. The molecule has 2 aliphatic heterocycles. The van der Waals surface area contributed by atoms with Crippen LogP contribution in [0.25, 0.3) is 33.1 Å². The van der Waals surface area contributed by atoms with Gasteiger partial charge in [0.2, 0.25) is 0 Å². The largest absolute Gasteiger partial charge is 0.493 e. The second-order valence-corrected chi connectivity index (χ2v) is 16.9. The normalized spacial score (nSPS) is 11.8. The number of aliphatic imine (C=N–C) groups is 1. The first kappa shape index (κ1) is 52.6. The van der Waals surface area contributed by atoms with Gasteiger partial charge in [0, 0.05) is 57.1 Å². The van der Waals surface area contributed by atoms with Gasteiger partial charge in [0.15, 0.2) is 16.6 Å². The van der Waals surface area contributed by atoms with Crippen LogP contribution in [0.4, 0.5) is 11.4 Å². The third-order valence-electron chi connectivity index (χ3n) is 11.9. The predicted molar refractivity (Wildman–Crippen MR) is 296 cm³/mol. The number of benzene rings is 6. The van der Waals surface area contributed by atoms with Crippen LogP contribution < -0.4 is 31.6 Å². The molecule has 11 rings (SSSR count). The third kappa shape index (κ3) is 13.6. The molecule has 0 saturated carbocycles. The number of imidazole rings is 3. The topological polar surface area (TPSA) is 198 Å². The monoisotopic (exact) mass is 998 g/mol. The summed E-state index contributed by atoms with van der Waals surface area (Å²) in [7, 11) is 4.72. The molecule has 0 saturated heterocycles. The molecule has 0 unspecified atom stereocenters. The van der Waals surface area contributed by atoms with E-state index in [1.54, 1.807) is 44.8 Å². The molecule has 0 fully saturated rings. The number of carbonyl (C=O) groups is 2. The van der Waals surface area contributed by atoms with Gasteiger partial charge in [-0.3, -0.25) is 19.5 Å². The number of methoxy groups -OCH3 is 2. The molecule has 2 amide bonds. The minimum absolute atomic E-state index is 0.193. The number of ether oxygens (including phenoxy) is 2. The Morgan fingerprint density at radius 2 is 1.10 bits per heavy atom. The molecule has 17 heteroatoms. The van der Waals surface area contributed by atoms with E-state index in [9.17, 15) is 9.59 Å². The van der Waals surface area contributed by atoms with Gasteiger partial charge in [0.1, 0.15) is 0 Å². The lowest BCUT2D eigenvalue weighted by atomic mass is 10.1. The summed E-state index contributed by atoms with van der Waals surface area (Å²) in [6.07, 6.45) is 11.2. The van der Waals surface area contributed by atoms with Crippen LogP contribution in [-0.4, -0.2) is 97.6 Å².